The molecular formula is C35H62O14S. The van der Waals surface area contributed by atoms with Crippen LogP contribution in [-0.2, 0) is 28.8 Å². The minimum absolute atomic E-state index is 0.0648. The molecule has 1 heterocycles. The summed E-state index contributed by atoms with van der Waals surface area (Å²) in [6, 6.07) is 0. The molecule has 4 aliphatic carbocycles. The van der Waals surface area contributed by atoms with E-state index in [0.717, 1.165) is 12.8 Å². The molecule has 15 heteroatoms. The predicted octanol–water partition coefficient (Wildman–Crippen LogP) is 1.02. The Labute approximate surface area is 296 Å². The molecular weight excluding hydrogens is 676 g/mol. The highest BCUT2D eigenvalue weighted by atomic mass is 32.3. The van der Waals surface area contributed by atoms with E-state index >= 15 is 0 Å². The van der Waals surface area contributed by atoms with Crippen molar-refractivity contribution in [3.05, 3.63) is 0 Å². The molecule has 50 heavy (non-hydrogen) atoms. The third-order valence-electron chi connectivity index (χ3n) is 14.2. The standard InChI is InChI=1S/C35H62O14S/c1-17(2)19(11-14-47-32-30(41)27(38)22(46-6)16-48-32)8-7-18(3)24-28(39)29(40)31-34(24,5)13-10-23-33(4)12-9-20(36)26(37)25(33)21(15-35(23,31)42)49-50(43,44)45/h17-32,36-42H,7-16H2,1-6H3,(H,43,44,45)/t18-,19-,20+,21+,22+,23-,24-,25+,26+,27+,28-,29-,30-,31-,32+,33-,34-,35+/m1/s1. The van der Waals surface area contributed by atoms with Crippen LogP contribution in [0.15, 0.2) is 0 Å². The topological polar surface area (TPSA) is 233 Å². The number of aliphatic hydroxyl groups excluding tert-OH is 6. The second kappa shape index (κ2) is 15.0. The lowest BCUT2D eigenvalue weighted by molar-refractivity contribution is -0.277. The molecule has 0 unspecified atom stereocenters. The van der Waals surface area contributed by atoms with E-state index in [4.69, 9.17) is 18.4 Å². The summed E-state index contributed by atoms with van der Waals surface area (Å²) in [7, 11) is -3.56. The van der Waals surface area contributed by atoms with Gasteiger partial charge >= 0.3 is 10.4 Å². The Balaban J connectivity index is 1.31. The molecule has 0 aromatic rings. The molecule has 0 aromatic carbocycles. The fourth-order valence-corrected chi connectivity index (χ4v) is 12.3. The molecule has 5 aliphatic rings. The first-order chi connectivity index (χ1) is 23.2. The predicted molar refractivity (Wildman–Crippen MR) is 179 cm³/mol. The number of aliphatic hydroxyl groups is 7. The first-order valence-electron chi connectivity index (χ1n) is 18.4. The number of fused-ring (bicyclic) bond motifs is 5. The average Bonchev–Trinajstić information content (AvgIpc) is 3.22. The molecule has 18 atom stereocenters. The van der Waals surface area contributed by atoms with Gasteiger partial charge in [-0.25, -0.2) is 4.18 Å². The molecule has 8 N–H and O–H groups in total. The van der Waals surface area contributed by atoms with Gasteiger partial charge in [0.2, 0.25) is 0 Å². The highest BCUT2D eigenvalue weighted by molar-refractivity contribution is 7.80. The van der Waals surface area contributed by atoms with E-state index < -0.39 is 99.7 Å². The molecule has 14 nitrogen and oxygen atoms in total. The van der Waals surface area contributed by atoms with Crippen LogP contribution in [0.3, 0.4) is 0 Å². The number of hydrogen-bond donors (Lipinski definition) is 8. The highest BCUT2D eigenvalue weighted by Crippen LogP contribution is 2.70. The SMILES string of the molecule is CO[C@H]1CO[C@H](OCC[C@@H](CC[C@@H](C)[C@@H]2[C@@H](O)[C@@H](O)[C@@H]3[C@]2(C)CC[C@@H]2[C@@]4(C)CC[C@H](O)[C@H](O)[C@@H]4[C@@H](OS(=O)(=O)O)C[C@]23O)C(C)C)[C@H](O)[C@H]1O. The first-order valence-corrected chi connectivity index (χ1v) is 19.8. The average molecular weight is 739 g/mol. The summed E-state index contributed by atoms with van der Waals surface area (Å²) >= 11 is 0. The van der Waals surface area contributed by atoms with Gasteiger partial charge in [0.1, 0.15) is 18.3 Å². The van der Waals surface area contributed by atoms with Gasteiger partial charge < -0.3 is 50.0 Å². The highest BCUT2D eigenvalue weighted by Gasteiger charge is 2.74. The van der Waals surface area contributed by atoms with Crippen LogP contribution in [0.5, 0.6) is 0 Å². The number of hydrogen-bond acceptors (Lipinski definition) is 13. The summed E-state index contributed by atoms with van der Waals surface area (Å²) in [6.07, 6.45) is -6.63. The third kappa shape index (κ3) is 7.18. The van der Waals surface area contributed by atoms with Gasteiger partial charge in [-0.1, -0.05) is 41.0 Å². The Morgan fingerprint density at radius 3 is 2.12 bits per heavy atom. The van der Waals surface area contributed by atoms with E-state index in [1.54, 1.807) is 0 Å². The molecule has 0 amide bonds. The van der Waals surface area contributed by atoms with Crippen LogP contribution >= 0.6 is 0 Å². The van der Waals surface area contributed by atoms with Crippen molar-refractivity contribution in [3.8, 4) is 0 Å². The van der Waals surface area contributed by atoms with Gasteiger partial charge in [0.05, 0.1) is 49.3 Å². The summed E-state index contributed by atoms with van der Waals surface area (Å²) < 4.78 is 55.5. The minimum atomic E-state index is -5.00. The Kier molecular flexibility index (Phi) is 12.2. The molecule has 0 bridgehead atoms. The summed E-state index contributed by atoms with van der Waals surface area (Å²) in [5.41, 5.74) is -3.30. The van der Waals surface area contributed by atoms with Crippen LogP contribution in [0.1, 0.15) is 86.0 Å². The van der Waals surface area contributed by atoms with Crippen LogP contribution in [0.25, 0.3) is 0 Å². The van der Waals surface area contributed by atoms with Crippen molar-refractivity contribution in [1.82, 2.24) is 0 Å². The number of methoxy groups -OCH3 is 1. The van der Waals surface area contributed by atoms with E-state index in [-0.39, 0.29) is 37.2 Å². The zero-order valence-electron chi connectivity index (χ0n) is 30.2. The van der Waals surface area contributed by atoms with Crippen LogP contribution in [0.4, 0.5) is 0 Å². The molecule has 0 aromatic heterocycles. The van der Waals surface area contributed by atoms with Crippen LogP contribution in [0.2, 0.25) is 0 Å². The second-order valence-corrected chi connectivity index (χ2v) is 18.2. The first kappa shape index (κ1) is 40.7. The maximum absolute atomic E-state index is 12.8. The zero-order chi connectivity index (χ0) is 37.1. The molecule has 1 saturated heterocycles. The smallest absolute Gasteiger partial charge is 0.390 e. The van der Waals surface area contributed by atoms with E-state index in [0.29, 0.717) is 38.2 Å². The quantitative estimate of drug-likeness (QED) is 0.131. The Hall–Kier alpha value is -0.530. The van der Waals surface area contributed by atoms with Gasteiger partial charge in [-0.15, -0.1) is 0 Å². The third-order valence-corrected chi connectivity index (χ3v) is 14.7. The Bertz CT molecular complexity index is 1270. The van der Waals surface area contributed by atoms with Crippen molar-refractivity contribution in [2.45, 2.75) is 147 Å². The summed E-state index contributed by atoms with van der Waals surface area (Å²) in [4.78, 5) is 0. The summed E-state index contributed by atoms with van der Waals surface area (Å²) in [5, 5.41) is 78.6. The van der Waals surface area contributed by atoms with Gasteiger partial charge in [0.15, 0.2) is 6.29 Å². The van der Waals surface area contributed by atoms with Crippen molar-refractivity contribution in [2.24, 2.45) is 52.3 Å². The molecule has 5 rings (SSSR count). The van der Waals surface area contributed by atoms with Crippen molar-refractivity contribution in [3.63, 3.8) is 0 Å². The fourth-order valence-electron chi connectivity index (χ4n) is 11.8. The second-order valence-electron chi connectivity index (χ2n) is 17.1. The lowest BCUT2D eigenvalue weighted by Crippen LogP contribution is -2.71. The van der Waals surface area contributed by atoms with Crippen molar-refractivity contribution < 1.29 is 67.1 Å². The lowest BCUT2D eigenvalue weighted by Gasteiger charge is -2.66. The number of rotatable bonds is 12. The molecule has 4 saturated carbocycles. The number of ether oxygens (including phenoxy) is 3. The van der Waals surface area contributed by atoms with E-state index in [1.807, 2.05) is 13.8 Å². The van der Waals surface area contributed by atoms with Crippen molar-refractivity contribution in [1.29, 1.82) is 0 Å². The van der Waals surface area contributed by atoms with Gasteiger partial charge in [-0.3, -0.25) is 4.55 Å². The Morgan fingerprint density at radius 1 is 0.840 bits per heavy atom. The van der Waals surface area contributed by atoms with Gasteiger partial charge in [-0.05, 0) is 78.9 Å². The molecule has 0 radical (unpaired) electrons. The van der Waals surface area contributed by atoms with E-state index in [1.165, 1.54) is 7.11 Å². The van der Waals surface area contributed by atoms with E-state index in [2.05, 4.69) is 20.8 Å². The normalized spacial score (nSPS) is 49.2. The molecule has 1 aliphatic heterocycles. The van der Waals surface area contributed by atoms with Gasteiger partial charge in [0.25, 0.3) is 0 Å². The van der Waals surface area contributed by atoms with Crippen molar-refractivity contribution >= 4 is 10.4 Å². The lowest BCUT2D eigenvalue weighted by atomic mass is 9.41. The fraction of sp³-hybridized carbons (Fsp3) is 1.00. The van der Waals surface area contributed by atoms with E-state index in [9.17, 15) is 48.7 Å². The van der Waals surface area contributed by atoms with Crippen molar-refractivity contribution in [2.75, 3.05) is 20.3 Å². The van der Waals surface area contributed by atoms with Gasteiger partial charge in [0, 0.05) is 25.4 Å². The Morgan fingerprint density at radius 2 is 1.50 bits per heavy atom. The molecule has 5 fully saturated rings. The van der Waals surface area contributed by atoms with Crippen LogP contribution in [-0.4, -0.2) is 130 Å². The van der Waals surface area contributed by atoms with Gasteiger partial charge in [-0.2, -0.15) is 8.42 Å². The monoisotopic (exact) mass is 738 g/mol. The zero-order valence-corrected chi connectivity index (χ0v) is 31.1. The summed E-state index contributed by atoms with van der Waals surface area (Å²) in [5.74, 6) is -2.15. The molecule has 0 spiro atoms. The summed E-state index contributed by atoms with van der Waals surface area (Å²) in [6.45, 7) is 10.6. The largest absolute Gasteiger partial charge is 0.397 e. The van der Waals surface area contributed by atoms with Crippen LogP contribution < -0.4 is 0 Å². The molecule has 292 valence electrons. The maximum Gasteiger partial charge on any atom is 0.397 e. The van der Waals surface area contributed by atoms with Crippen LogP contribution in [0, 0.1) is 52.3 Å². The minimum Gasteiger partial charge on any atom is -0.390 e. The maximum atomic E-state index is 12.8.